The molecule has 3 rings (SSSR count). The molecule has 0 aliphatic carbocycles. The predicted octanol–water partition coefficient (Wildman–Crippen LogP) is 2.72. The molecule has 0 bridgehead atoms. The highest BCUT2D eigenvalue weighted by Gasteiger charge is 2.25. The maximum Gasteiger partial charge on any atom is 0.0437 e. The molecular formula is C17H27N3. The van der Waals surface area contributed by atoms with E-state index in [-0.39, 0.29) is 0 Å². The zero-order chi connectivity index (χ0) is 13.9. The van der Waals surface area contributed by atoms with Crippen molar-refractivity contribution in [2.45, 2.75) is 32.7 Å². The van der Waals surface area contributed by atoms with E-state index >= 15 is 0 Å². The number of benzene rings is 1. The van der Waals surface area contributed by atoms with E-state index in [0.29, 0.717) is 12.0 Å². The van der Waals surface area contributed by atoms with Crippen LogP contribution in [0, 0.1) is 5.92 Å². The van der Waals surface area contributed by atoms with E-state index in [0.717, 1.165) is 19.6 Å². The molecule has 0 aromatic heterocycles. The fraction of sp³-hybridized carbons (Fsp3) is 0.647. The molecule has 1 unspecified atom stereocenters. The van der Waals surface area contributed by atoms with Crippen molar-refractivity contribution in [2.75, 3.05) is 42.5 Å². The first kappa shape index (κ1) is 13.7. The predicted molar refractivity (Wildman–Crippen MR) is 86.7 cm³/mol. The van der Waals surface area contributed by atoms with Gasteiger partial charge in [0.05, 0.1) is 0 Å². The Morgan fingerprint density at radius 2 is 1.65 bits per heavy atom. The fourth-order valence-corrected chi connectivity index (χ4v) is 3.47. The maximum absolute atomic E-state index is 3.52. The summed E-state index contributed by atoms with van der Waals surface area (Å²) in [4.78, 5) is 5.08. The van der Waals surface area contributed by atoms with Crippen LogP contribution in [0.15, 0.2) is 24.3 Å². The molecule has 20 heavy (non-hydrogen) atoms. The second-order valence-electron chi connectivity index (χ2n) is 6.42. The van der Waals surface area contributed by atoms with Crippen LogP contribution in [0.3, 0.4) is 0 Å². The van der Waals surface area contributed by atoms with Gasteiger partial charge in [-0.1, -0.05) is 13.8 Å². The first-order chi connectivity index (χ1) is 9.75. The molecule has 3 nitrogen and oxygen atoms in total. The molecule has 0 saturated carbocycles. The second kappa shape index (κ2) is 6.04. The summed E-state index contributed by atoms with van der Waals surface area (Å²) < 4.78 is 0. The summed E-state index contributed by atoms with van der Waals surface area (Å²) in [5.74, 6) is 0.682. The standard InChI is InChI=1S/C17H27N3/c1-14(2)17-13-18-9-12-20(17)16-7-5-15(6-8-16)19-10-3-4-11-19/h5-8,14,17-18H,3-4,9-13H2,1-2H3. The summed E-state index contributed by atoms with van der Waals surface area (Å²) in [7, 11) is 0. The lowest BCUT2D eigenvalue weighted by molar-refractivity contribution is 0.390. The monoisotopic (exact) mass is 273 g/mol. The van der Waals surface area contributed by atoms with E-state index in [1.54, 1.807) is 0 Å². The molecule has 2 aliphatic heterocycles. The van der Waals surface area contributed by atoms with E-state index in [9.17, 15) is 0 Å². The van der Waals surface area contributed by atoms with Gasteiger partial charge in [0.25, 0.3) is 0 Å². The minimum atomic E-state index is 0.612. The summed E-state index contributed by atoms with van der Waals surface area (Å²) >= 11 is 0. The second-order valence-corrected chi connectivity index (χ2v) is 6.42. The number of nitrogens with one attached hydrogen (secondary N) is 1. The highest BCUT2D eigenvalue weighted by Crippen LogP contribution is 2.26. The van der Waals surface area contributed by atoms with Gasteiger partial charge in [0, 0.05) is 50.1 Å². The first-order valence-corrected chi connectivity index (χ1v) is 8.08. The Hall–Kier alpha value is -1.22. The highest BCUT2D eigenvalue weighted by atomic mass is 15.2. The summed E-state index contributed by atoms with van der Waals surface area (Å²) in [5.41, 5.74) is 2.77. The molecule has 0 spiro atoms. The summed E-state index contributed by atoms with van der Waals surface area (Å²) in [6.07, 6.45) is 2.68. The number of hydrogen-bond donors (Lipinski definition) is 1. The third-order valence-corrected chi connectivity index (χ3v) is 4.71. The molecule has 1 aromatic carbocycles. The summed E-state index contributed by atoms with van der Waals surface area (Å²) in [6.45, 7) is 10.4. The highest BCUT2D eigenvalue weighted by molar-refractivity contribution is 5.57. The Kier molecular flexibility index (Phi) is 4.16. The first-order valence-electron chi connectivity index (χ1n) is 8.08. The molecule has 2 fully saturated rings. The SMILES string of the molecule is CC(C)C1CNCCN1c1ccc(N2CCCC2)cc1. The van der Waals surface area contributed by atoms with Crippen molar-refractivity contribution < 1.29 is 0 Å². The van der Waals surface area contributed by atoms with Crippen molar-refractivity contribution in [3.63, 3.8) is 0 Å². The van der Waals surface area contributed by atoms with Crippen LogP contribution in [0.5, 0.6) is 0 Å². The van der Waals surface area contributed by atoms with Crippen LogP contribution < -0.4 is 15.1 Å². The van der Waals surface area contributed by atoms with Crippen molar-refractivity contribution in [3.05, 3.63) is 24.3 Å². The van der Waals surface area contributed by atoms with Crippen molar-refractivity contribution in [1.29, 1.82) is 0 Å². The molecule has 1 N–H and O–H groups in total. The van der Waals surface area contributed by atoms with Crippen LogP contribution in [-0.2, 0) is 0 Å². The van der Waals surface area contributed by atoms with E-state index in [4.69, 9.17) is 0 Å². The Morgan fingerprint density at radius 1 is 1.00 bits per heavy atom. The molecular weight excluding hydrogens is 246 g/mol. The van der Waals surface area contributed by atoms with Gasteiger partial charge in [0.1, 0.15) is 0 Å². The van der Waals surface area contributed by atoms with Crippen molar-refractivity contribution in [1.82, 2.24) is 5.32 Å². The topological polar surface area (TPSA) is 18.5 Å². The van der Waals surface area contributed by atoms with E-state index in [2.05, 4.69) is 53.2 Å². The molecule has 2 saturated heterocycles. The molecule has 0 amide bonds. The lowest BCUT2D eigenvalue weighted by atomic mass is 9.99. The third-order valence-electron chi connectivity index (χ3n) is 4.71. The Balaban J connectivity index is 1.75. The maximum atomic E-state index is 3.52. The fourth-order valence-electron chi connectivity index (χ4n) is 3.47. The molecule has 0 radical (unpaired) electrons. The van der Waals surface area contributed by atoms with Gasteiger partial charge in [-0.15, -0.1) is 0 Å². The van der Waals surface area contributed by atoms with Crippen LogP contribution in [0.4, 0.5) is 11.4 Å². The van der Waals surface area contributed by atoms with Gasteiger partial charge in [-0.25, -0.2) is 0 Å². The van der Waals surface area contributed by atoms with Gasteiger partial charge >= 0.3 is 0 Å². The summed E-state index contributed by atoms with van der Waals surface area (Å²) in [6, 6.07) is 9.85. The third kappa shape index (κ3) is 2.78. The lowest BCUT2D eigenvalue weighted by Crippen LogP contribution is -2.53. The summed E-state index contributed by atoms with van der Waals surface area (Å²) in [5, 5.41) is 3.52. The molecule has 3 heteroatoms. The lowest BCUT2D eigenvalue weighted by Gasteiger charge is -2.40. The van der Waals surface area contributed by atoms with E-state index in [1.165, 1.54) is 37.3 Å². The normalized spacial score (nSPS) is 23.6. The Morgan fingerprint density at radius 3 is 2.30 bits per heavy atom. The van der Waals surface area contributed by atoms with Gasteiger partial charge in [0.15, 0.2) is 0 Å². The Labute approximate surface area is 123 Å². The van der Waals surface area contributed by atoms with Gasteiger partial charge in [-0.05, 0) is 43.0 Å². The number of hydrogen-bond acceptors (Lipinski definition) is 3. The number of rotatable bonds is 3. The molecule has 1 atom stereocenters. The van der Waals surface area contributed by atoms with E-state index in [1.807, 2.05) is 0 Å². The van der Waals surface area contributed by atoms with Crippen LogP contribution in [0.25, 0.3) is 0 Å². The van der Waals surface area contributed by atoms with Crippen LogP contribution in [0.2, 0.25) is 0 Å². The van der Waals surface area contributed by atoms with Crippen LogP contribution in [0.1, 0.15) is 26.7 Å². The Bertz CT molecular complexity index is 420. The minimum absolute atomic E-state index is 0.612. The van der Waals surface area contributed by atoms with Crippen molar-refractivity contribution >= 4 is 11.4 Å². The largest absolute Gasteiger partial charge is 0.372 e. The van der Waals surface area contributed by atoms with E-state index < -0.39 is 0 Å². The van der Waals surface area contributed by atoms with Crippen molar-refractivity contribution in [2.24, 2.45) is 5.92 Å². The quantitative estimate of drug-likeness (QED) is 0.913. The smallest absolute Gasteiger partial charge is 0.0437 e. The van der Waals surface area contributed by atoms with Crippen LogP contribution in [-0.4, -0.2) is 38.8 Å². The average molecular weight is 273 g/mol. The molecule has 110 valence electrons. The minimum Gasteiger partial charge on any atom is -0.372 e. The average Bonchev–Trinajstić information content (AvgIpc) is 3.02. The zero-order valence-corrected chi connectivity index (χ0v) is 12.8. The number of nitrogens with zero attached hydrogens (tertiary/aromatic N) is 2. The number of piperazine rings is 1. The van der Waals surface area contributed by atoms with Gasteiger partial charge < -0.3 is 15.1 Å². The number of anilines is 2. The van der Waals surface area contributed by atoms with Gasteiger partial charge in [-0.3, -0.25) is 0 Å². The van der Waals surface area contributed by atoms with Crippen molar-refractivity contribution in [3.8, 4) is 0 Å². The van der Waals surface area contributed by atoms with Crippen LogP contribution >= 0.6 is 0 Å². The zero-order valence-electron chi connectivity index (χ0n) is 12.8. The van der Waals surface area contributed by atoms with Gasteiger partial charge in [-0.2, -0.15) is 0 Å². The molecule has 1 aromatic rings. The molecule has 2 aliphatic rings. The molecule has 2 heterocycles. The van der Waals surface area contributed by atoms with Gasteiger partial charge in [0.2, 0.25) is 0 Å².